The van der Waals surface area contributed by atoms with Crippen LogP contribution in [0.1, 0.15) is 57.1 Å². The molecule has 0 bridgehead atoms. The van der Waals surface area contributed by atoms with E-state index in [1.165, 1.54) is 0 Å². The highest BCUT2D eigenvalue weighted by molar-refractivity contribution is 5.90. The molecule has 2 aromatic carbocycles. The van der Waals surface area contributed by atoms with Gasteiger partial charge in [0.1, 0.15) is 11.5 Å². The van der Waals surface area contributed by atoms with Crippen LogP contribution in [0.2, 0.25) is 0 Å². The summed E-state index contributed by atoms with van der Waals surface area (Å²) in [6.07, 6.45) is 3.93. The Bertz CT molecular complexity index is 991. The van der Waals surface area contributed by atoms with E-state index >= 15 is 0 Å². The van der Waals surface area contributed by atoms with Crippen molar-refractivity contribution in [3.8, 4) is 5.75 Å². The number of ether oxygens (including phenoxy) is 1. The van der Waals surface area contributed by atoms with E-state index in [9.17, 15) is 14.7 Å². The Morgan fingerprint density at radius 3 is 1.83 bits per heavy atom. The summed E-state index contributed by atoms with van der Waals surface area (Å²) in [5, 5.41) is 9.64. The third-order valence-corrected chi connectivity index (χ3v) is 7.93. The summed E-state index contributed by atoms with van der Waals surface area (Å²) in [4.78, 5) is 29.3. The second-order valence-corrected chi connectivity index (χ2v) is 10.2. The number of esters is 1. The number of Topliss-reactive ketones (excluding diaryl/α,β-unsaturated/α-hetero) is 1. The number of benzene rings is 2. The first kappa shape index (κ1) is 27.9. The van der Waals surface area contributed by atoms with E-state index in [2.05, 4.69) is 23.9 Å². The Balaban J connectivity index is 0.000000201. The third-order valence-electron chi connectivity index (χ3n) is 7.93. The lowest BCUT2D eigenvalue weighted by atomic mass is 9.69. The Labute approximate surface area is 216 Å². The number of hydrogen-bond acceptors (Lipinski definition) is 6. The number of aromatic hydroxyl groups is 1. The number of ketones is 1. The Morgan fingerprint density at radius 2 is 1.33 bits per heavy atom. The first-order valence-electron chi connectivity index (χ1n) is 13.2. The lowest BCUT2D eigenvalue weighted by molar-refractivity contribution is -0.152. The van der Waals surface area contributed by atoms with Gasteiger partial charge in [0.15, 0.2) is 0 Å². The maximum absolute atomic E-state index is 12.4. The SMILES string of the molecule is CCC(=O)C1(c2cccc(O)c2)CCN(C)CC1.CCOC(=O)C1(c2ccccc2)CCN(C)CC1. The van der Waals surface area contributed by atoms with Crippen LogP contribution >= 0.6 is 0 Å². The molecule has 2 aromatic rings. The van der Waals surface area contributed by atoms with Crippen LogP contribution in [-0.4, -0.2) is 73.5 Å². The van der Waals surface area contributed by atoms with Crippen LogP contribution in [0.5, 0.6) is 5.75 Å². The minimum absolute atomic E-state index is 0.0655. The number of likely N-dealkylation sites (tertiary alicyclic amines) is 2. The molecule has 2 aliphatic rings. The molecule has 2 heterocycles. The van der Waals surface area contributed by atoms with Crippen LogP contribution in [-0.2, 0) is 25.2 Å². The van der Waals surface area contributed by atoms with Gasteiger partial charge in [0.2, 0.25) is 0 Å². The monoisotopic (exact) mass is 494 g/mol. The summed E-state index contributed by atoms with van der Waals surface area (Å²) in [5.74, 6) is 0.472. The van der Waals surface area contributed by atoms with Gasteiger partial charge in [-0.1, -0.05) is 49.4 Å². The molecule has 2 aliphatic heterocycles. The first-order valence-corrected chi connectivity index (χ1v) is 13.2. The smallest absolute Gasteiger partial charge is 0.316 e. The van der Waals surface area contributed by atoms with Crippen LogP contribution in [0.4, 0.5) is 0 Å². The molecule has 2 saturated heterocycles. The fraction of sp³-hybridized carbons (Fsp3) is 0.533. The molecule has 6 nitrogen and oxygen atoms in total. The van der Waals surface area contributed by atoms with Crippen LogP contribution in [0, 0.1) is 0 Å². The minimum atomic E-state index is -0.441. The van der Waals surface area contributed by atoms with Crippen LogP contribution in [0.3, 0.4) is 0 Å². The summed E-state index contributed by atoms with van der Waals surface area (Å²) in [6, 6.07) is 17.3. The maximum Gasteiger partial charge on any atom is 0.316 e. The van der Waals surface area contributed by atoms with Crippen molar-refractivity contribution >= 4 is 11.8 Å². The number of phenolic OH excluding ortho intramolecular Hbond substituents is 1. The zero-order valence-electron chi connectivity index (χ0n) is 22.3. The number of nitrogens with zero attached hydrogens (tertiary/aromatic N) is 2. The van der Waals surface area contributed by atoms with Gasteiger partial charge in [-0.05, 0) is 96.1 Å². The zero-order valence-corrected chi connectivity index (χ0v) is 22.3. The van der Waals surface area contributed by atoms with E-state index in [-0.39, 0.29) is 17.1 Å². The van der Waals surface area contributed by atoms with Crippen molar-refractivity contribution in [1.82, 2.24) is 9.80 Å². The molecule has 6 heteroatoms. The topological polar surface area (TPSA) is 70.1 Å². The predicted octanol–water partition coefficient (Wildman–Crippen LogP) is 4.55. The zero-order chi connectivity index (χ0) is 26.2. The summed E-state index contributed by atoms with van der Waals surface area (Å²) in [6.45, 7) is 7.98. The first-order chi connectivity index (χ1) is 17.3. The number of phenols is 1. The van der Waals surface area contributed by atoms with E-state index in [1.54, 1.807) is 12.1 Å². The maximum atomic E-state index is 12.4. The molecule has 1 N–H and O–H groups in total. The molecule has 0 spiro atoms. The molecule has 0 atom stereocenters. The van der Waals surface area contributed by atoms with Crippen molar-refractivity contribution in [1.29, 1.82) is 0 Å². The highest BCUT2D eigenvalue weighted by Crippen LogP contribution is 2.38. The molecule has 4 rings (SSSR count). The van der Waals surface area contributed by atoms with E-state index in [4.69, 9.17) is 4.74 Å². The van der Waals surface area contributed by atoms with Gasteiger partial charge in [-0.2, -0.15) is 0 Å². The van der Waals surface area contributed by atoms with Gasteiger partial charge in [-0.25, -0.2) is 0 Å². The molecule has 2 fully saturated rings. The lowest BCUT2D eigenvalue weighted by Crippen LogP contribution is -2.47. The molecule has 0 unspecified atom stereocenters. The van der Waals surface area contributed by atoms with Gasteiger partial charge in [0.25, 0.3) is 0 Å². The molecular weight excluding hydrogens is 452 g/mol. The number of carbonyl (C=O) groups excluding carboxylic acids is 2. The Kier molecular flexibility index (Phi) is 9.69. The molecular formula is C30H42N2O4. The van der Waals surface area contributed by atoms with Gasteiger partial charge >= 0.3 is 5.97 Å². The molecule has 0 radical (unpaired) electrons. The average Bonchev–Trinajstić information content (AvgIpc) is 2.90. The highest BCUT2D eigenvalue weighted by Gasteiger charge is 2.43. The van der Waals surface area contributed by atoms with Gasteiger partial charge in [-0.3, -0.25) is 9.59 Å². The van der Waals surface area contributed by atoms with Gasteiger partial charge < -0.3 is 19.6 Å². The van der Waals surface area contributed by atoms with Gasteiger partial charge in [0.05, 0.1) is 17.4 Å². The van der Waals surface area contributed by atoms with E-state index in [1.807, 2.05) is 56.3 Å². The quantitative estimate of drug-likeness (QED) is 0.595. The molecule has 0 saturated carbocycles. The van der Waals surface area contributed by atoms with E-state index in [0.29, 0.717) is 18.8 Å². The van der Waals surface area contributed by atoms with Crippen LogP contribution in [0.25, 0.3) is 0 Å². The van der Waals surface area contributed by atoms with Crippen molar-refractivity contribution in [2.75, 3.05) is 46.9 Å². The van der Waals surface area contributed by atoms with E-state index < -0.39 is 5.41 Å². The normalized spacial score (nSPS) is 19.6. The predicted molar refractivity (Wildman–Crippen MR) is 143 cm³/mol. The van der Waals surface area contributed by atoms with Crippen molar-refractivity contribution in [2.45, 2.75) is 56.8 Å². The van der Waals surface area contributed by atoms with Gasteiger partial charge in [0, 0.05) is 6.42 Å². The summed E-state index contributed by atoms with van der Waals surface area (Å²) >= 11 is 0. The standard InChI is InChI=1S/2C15H21NO2/c1-3-14(18)15(7-9-16(2)10-8-15)12-5-4-6-13(17)11-12;1-3-18-14(17)15(9-11-16(2)12-10-15)13-7-5-4-6-8-13/h4-6,11,17H,3,7-10H2,1-2H3;4-8H,3,9-12H2,1-2H3. The Hall–Kier alpha value is -2.70. The second kappa shape index (κ2) is 12.5. The molecule has 0 aromatic heterocycles. The van der Waals surface area contributed by atoms with Crippen molar-refractivity contribution in [2.24, 2.45) is 0 Å². The lowest BCUT2D eigenvalue weighted by Gasteiger charge is -2.40. The number of carbonyl (C=O) groups is 2. The number of piperidine rings is 2. The third kappa shape index (κ3) is 6.16. The minimum Gasteiger partial charge on any atom is -0.508 e. The molecule has 0 amide bonds. The molecule has 36 heavy (non-hydrogen) atoms. The highest BCUT2D eigenvalue weighted by atomic mass is 16.5. The van der Waals surface area contributed by atoms with Crippen LogP contribution < -0.4 is 0 Å². The average molecular weight is 495 g/mol. The summed E-state index contributed by atoms with van der Waals surface area (Å²) < 4.78 is 5.32. The molecule has 0 aliphatic carbocycles. The Morgan fingerprint density at radius 1 is 0.806 bits per heavy atom. The second-order valence-electron chi connectivity index (χ2n) is 10.2. The fourth-order valence-corrected chi connectivity index (χ4v) is 5.51. The van der Waals surface area contributed by atoms with Crippen molar-refractivity contribution < 1.29 is 19.4 Å². The summed E-state index contributed by atoms with van der Waals surface area (Å²) in [5.41, 5.74) is 1.24. The van der Waals surface area contributed by atoms with E-state index in [0.717, 1.165) is 63.0 Å². The molecule has 196 valence electrons. The summed E-state index contributed by atoms with van der Waals surface area (Å²) in [7, 11) is 4.18. The van der Waals surface area contributed by atoms with Gasteiger partial charge in [-0.15, -0.1) is 0 Å². The van der Waals surface area contributed by atoms with Crippen LogP contribution in [0.15, 0.2) is 54.6 Å². The number of hydrogen-bond donors (Lipinski definition) is 1. The largest absolute Gasteiger partial charge is 0.508 e. The van der Waals surface area contributed by atoms with Crippen molar-refractivity contribution in [3.05, 3.63) is 65.7 Å². The number of rotatable bonds is 6. The van der Waals surface area contributed by atoms with Crippen molar-refractivity contribution in [3.63, 3.8) is 0 Å². The fourth-order valence-electron chi connectivity index (χ4n) is 5.51.